The summed E-state index contributed by atoms with van der Waals surface area (Å²) in [6, 6.07) is 5.83. The fourth-order valence-corrected chi connectivity index (χ4v) is 4.38. The number of rotatable bonds is 7. The van der Waals surface area contributed by atoms with Crippen molar-refractivity contribution in [3.05, 3.63) is 23.8 Å². The molecule has 160 valence electrons. The molecule has 0 saturated carbocycles. The first-order chi connectivity index (χ1) is 14.0. The highest BCUT2D eigenvalue weighted by atomic mass is 16.5. The number of benzene rings is 1. The first-order valence-corrected chi connectivity index (χ1v) is 10.5. The summed E-state index contributed by atoms with van der Waals surface area (Å²) in [6.45, 7) is 6.47. The maximum atomic E-state index is 12.8. The Morgan fingerprint density at radius 3 is 2.48 bits per heavy atom. The number of likely N-dealkylation sites (tertiary alicyclic amines) is 2. The Bertz CT molecular complexity index is 718. The van der Waals surface area contributed by atoms with E-state index < -0.39 is 0 Å². The van der Waals surface area contributed by atoms with Crippen LogP contribution in [0.15, 0.2) is 18.2 Å². The predicted octanol–water partition coefficient (Wildman–Crippen LogP) is 1.87. The fraction of sp³-hybridized carbons (Fsp3) is 0.636. The van der Waals surface area contributed by atoms with Crippen LogP contribution in [0.4, 0.5) is 0 Å². The summed E-state index contributed by atoms with van der Waals surface area (Å²) in [5, 5.41) is 3.09. The number of ether oxygens (including phenoxy) is 2. The van der Waals surface area contributed by atoms with Gasteiger partial charge in [0.15, 0.2) is 11.5 Å². The zero-order valence-electron chi connectivity index (χ0n) is 17.8. The Morgan fingerprint density at radius 2 is 1.83 bits per heavy atom. The van der Waals surface area contributed by atoms with E-state index in [9.17, 15) is 9.59 Å². The molecule has 0 radical (unpaired) electrons. The van der Waals surface area contributed by atoms with Crippen LogP contribution in [0.1, 0.15) is 37.7 Å². The topological polar surface area (TPSA) is 71.1 Å². The van der Waals surface area contributed by atoms with Crippen LogP contribution < -0.4 is 14.8 Å². The normalized spacial score (nSPS) is 22.4. The summed E-state index contributed by atoms with van der Waals surface area (Å²) in [6.07, 6.45) is 3.21. The molecule has 7 nitrogen and oxygen atoms in total. The summed E-state index contributed by atoms with van der Waals surface area (Å²) in [4.78, 5) is 29.1. The van der Waals surface area contributed by atoms with Crippen molar-refractivity contribution in [1.29, 1.82) is 0 Å². The van der Waals surface area contributed by atoms with Gasteiger partial charge >= 0.3 is 0 Å². The van der Waals surface area contributed by atoms with E-state index in [4.69, 9.17) is 9.47 Å². The molecular weight excluding hydrogens is 370 g/mol. The maximum Gasteiger partial charge on any atom is 0.224 e. The van der Waals surface area contributed by atoms with Crippen LogP contribution in [0.5, 0.6) is 11.5 Å². The molecule has 2 aliphatic rings. The molecule has 0 bridgehead atoms. The summed E-state index contributed by atoms with van der Waals surface area (Å²) in [7, 11) is 3.22. The molecule has 2 saturated heterocycles. The second-order valence-electron chi connectivity index (χ2n) is 8.01. The number of methoxy groups -OCH3 is 2. The van der Waals surface area contributed by atoms with Gasteiger partial charge < -0.3 is 24.6 Å². The molecule has 7 heteroatoms. The SMILES string of the molecule is COc1ccc(C2CC(C(=O)NCCN3CCCC3)CN(C(C)=O)C2)cc1OC. The number of nitrogens with one attached hydrogen (secondary N) is 1. The van der Waals surface area contributed by atoms with Gasteiger partial charge in [0.2, 0.25) is 11.8 Å². The number of carbonyl (C=O) groups excluding carboxylic acids is 2. The van der Waals surface area contributed by atoms with Crippen molar-refractivity contribution in [2.75, 3.05) is 53.5 Å². The lowest BCUT2D eigenvalue weighted by Crippen LogP contribution is -2.48. The van der Waals surface area contributed by atoms with E-state index in [0.29, 0.717) is 31.1 Å². The van der Waals surface area contributed by atoms with Gasteiger partial charge in [0.05, 0.1) is 20.1 Å². The lowest BCUT2D eigenvalue weighted by molar-refractivity contribution is -0.134. The maximum absolute atomic E-state index is 12.8. The Hall–Kier alpha value is -2.28. The molecule has 1 aromatic carbocycles. The second kappa shape index (κ2) is 9.96. The van der Waals surface area contributed by atoms with Gasteiger partial charge in [0.25, 0.3) is 0 Å². The first-order valence-electron chi connectivity index (χ1n) is 10.5. The predicted molar refractivity (Wildman–Crippen MR) is 111 cm³/mol. The molecule has 0 aliphatic carbocycles. The smallest absolute Gasteiger partial charge is 0.224 e. The second-order valence-corrected chi connectivity index (χ2v) is 8.01. The Labute approximate surface area is 173 Å². The van der Waals surface area contributed by atoms with Crippen LogP contribution in [0.25, 0.3) is 0 Å². The van der Waals surface area contributed by atoms with Crippen LogP contribution >= 0.6 is 0 Å². The van der Waals surface area contributed by atoms with Crippen LogP contribution in [0.2, 0.25) is 0 Å². The van der Waals surface area contributed by atoms with Crippen molar-refractivity contribution in [3.63, 3.8) is 0 Å². The molecule has 2 atom stereocenters. The first kappa shape index (κ1) is 21.4. The van der Waals surface area contributed by atoms with Gasteiger partial charge in [0.1, 0.15) is 0 Å². The van der Waals surface area contributed by atoms with Crippen molar-refractivity contribution in [2.24, 2.45) is 5.92 Å². The van der Waals surface area contributed by atoms with Crippen molar-refractivity contribution < 1.29 is 19.1 Å². The van der Waals surface area contributed by atoms with E-state index in [1.54, 1.807) is 26.0 Å². The fourth-order valence-electron chi connectivity index (χ4n) is 4.38. The number of hydrogen-bond donors (Lipinski definition) is 1. The van der Waals surface area contributed by atoms with E-state index in [-0.39, 0.29) is 23.7 Å². The lowest BCUT2D eigenvalue weighted by Gasteiger charge is -2.37. The van der Waals surface area contributed by atoms with Crippen molar-refractivity contribution in [1.82, 2.24) is 15.1 Å². The largest absolute Gasteiger partial charge is 0.493 e. The van der Waals surface area contributed by atoms with Crippen molar-refractivity contribution in [2.45, 2.75) is 32.1 Å². The highest BCUT2D eigenvalue weighted by molar-refractivity contribution is 5.81. The zero-order chi connectivity index (χ0) is 20.8. The van der Waals surface area contributed by atoms with E-state index in [1.165, 1.54) is 12.8 Å². The van der Waals surface area contributed by atoms with E-state index in [0.717, 1.165) is 31.6 Å². The summed E-state index contributed by atoms with van der Waals surface area (Å²) in [5.41, 5.74) is 1.06. The highest BCUT2D eigenvalue weighted by Gasteiger charge is 2.33. The molecule has 2 fully saturated rings. The molecule has 29 heavy (non-hydrogen) atoms. The van der Waals surface area contributed by atoms with Crippen LogP contribution in [-0.2, 0) is 9.59 Å². The number of nitrogens with zero attached hydrogens (tertiary/aromatic N) is 2. The van der Waals surface area contributed by atoms with Gasteiger partial charge in [-0.25, -0.2) is 0 Å². The average Bonchev–Trinajstić information content (AvgIpc) is 3.26. The quantitative estimate of drug-likeness (QED) is 0.753. The molecule has 0 aromatic heterocycles. The monoisotopic (exact) mass is 403 g/mol. The van der Waals surface area contributed by atoms with Crippen LogP contribution in [0.3, 0.4) is 0 Å². The minimum atomic E-state index is -0.204. The third kappa shape index (κ3) is 5.41. The van der Waals surface area contributed by atoms with Gasteiger partial charge in [-0.3, -0.25) is 9.59 Å². The molecule has 1 N–H and O–H groups in total. The van der Waals surface area contributed by atoms with Crippen molar-refractivity contribution in [3.8, 4) is 11.5 Å². The molecule has 2 aliphatic heterocycles. The van der Waals surface area contributed by atoms with E-state index in [2.05, 4.69) is 10.2 Å². The van der Waals surface area contributed by atoms with E-state index in [1.807, 2.05) is 18.2 Å². The summed E-state index contributed by atoms with van der Waals surface area (Å²) in [5.74, 6) is 1.26. The third-order valence-electron chi connectivity index (χ3n) is 6.07. The van der Waals surface area contributed by atoms with Crippen LogP contribution in [0, 0.1) is 5.92 Å². The Morgan fingerprint density at radius 1 is 1.10 bits per heavy atom. The molecule has 2 heterocycles. The Balaban J connectivity index is 1.66. The van der Waals surface area contributed by atoms with Gasteiger partial charge in [0, 0.05) is 39.0 Å². The average molecular weight is 404 g/mol. The third-order valence-corrected chi connectivity index (χ3v) is 6.07. The molecule has 1 aromatic rings. The van der Waals surface area contributed by atoms with Gasteiger partial charge in [-0.15, -0.1) is 0 Å². The zero-order valence-corrected chi connectivity index (χ0v) is 17.8. The number of hydrogen-bond acceptors (Lipinski definition) is 5. The van der Waals surface area contributed by atoms with Gasteiger partial charge in [-0.05, 0) is 50.0 Å². The number of carbonyl (C=O) groups is 2. The highest BCUT2D eigenvalue weighted by Crippen LogP contribution is 2.35. The van der Waals surface area contributed by atoms with Crippen molar-refractivity contribution >= 4 is 11.8 Å². The molecular formula is C22H33N3O4. The summed E-state index contributed by atoms with van der Waals surface area (Å²) >= 11 is 0. The molecule has 3 rings (SSSR count). The van der Waals surface area contributed by atoms with Crippen LogP contribution in [-0.4, -0.2) is 75.1 Å². The minimum Gasteiger partial charge on any atom is -0.493 e. The summed E-state index contributed by atoms with van der Waals surface area (Å²) < 4.78 is 10.8. The molecule has 2 unspecified atom stereocenters. The number of amides is 2. The number of piperidine rings is 1. The molecule has 2 amide bonds. The minimum absolute atomic E-state index is 0.00467. The Kier molecular flexibility index (Phi) is 7.36. The molecule has 0 spiro atoms. The van der Waals surface area contributed by atoms with E-state index >= 15 is 0 Å². The lowest BCUT2D eigenvalue weighted by atomic mass is 9.84. The standard InChI is InChI=1S/C22H33N3O4/c1-16(26)25-14-18(17-6-7-20(28-2)21(13-17)29-3)12-19(15-25)22(27)23-8-11-24-9-4-5-10-24/h6-7,13,18-19H,4-5,8-12,14-15H2,1-3H3,(H,23,27). The van der Waals surface area contributed by atoms with Gasteiger partial charge in [-0.1, -0.05) is 6.07 Å². The van der Waals surface area contributed by atoms with Gasteiger partial charge in [-0.2, -0.15) is 0 Å².